The Morgan fingerprint density at radius 2 is 1.81 bits per heavy atom. The van der Waals surface area contributed by atoms with E-state index in [-0.39, 0.29) is 6.61 Å². The molecule has 2 aromatic rings. The topological polar surface area (TPSA) is 47.6 Å². The first-order valence-electron chi connectivity index (χ1n) is 6.73. The van der Waals surface area contributed by atoms with Crippen LogP contribution in [0.5, 0.6) is 5.75 Å². The van der Waals surface area contributed by atoms with Crippen molar-refractivity contribution in [2.75, 3.05) is 12.4 Å². The second-order valence-corrected chi connectivity index (χ2v) is 4.82. The number of hydrogen-bond donors (Lipinski definition) is 1. The fraction of sp³-hybridized carbons (Fsp3) is 0.235. The van der Waals surface area contributed by atoms with Gasteiger partial charge < -0.3 is 9.47 Å². The van der Waals surface area contributed by atoms with E-state index in [9.17, 15) is 4.79 Å². The van der Waals surface area contributed by atoms with Crippen LogP contribution in [0.15, 0.2) is 42.5 Å². The van der Waals surface area contributed by atoms with Crippen molar-refractivity contribution >= 4 is 11.8 Å². The van der Waals surface area contributed by atoms with Gasteiger partial charge in [0, 0.05) is 6.07 Å². The standard InChI is InChI=1S/C17H19NO3/c1-12-9-13(2)16(20-3)10-15(12)18-17(19)21-11-14-7-5-4-6-8-14/h4-10H,11H2,1-3H3,(H,18,19). The zero-order chi connectivity index (χ0) is 15.2. The molecule has 0 bridgehead atoms. The molecular formula is C17H19NO3. The largest absolute Gasteiger partial charge is 0.496 e. The van der Waals surface area contributed by atoms with Crippen LogP contribution in [0.4, 0.5) is 10.5 Å². The van der Waals surface area contributed by atoms with Gasteiger partial charge in [-0.05, 0) is 30.5 Å². The van der Waals surface area contributed by atoms with E-state index in [2.05, 4.69) is 5.32 Å². The molecule has 0 atom stereocenters. The number of aryl methyl sites for hydroxylation is 2. The summed E-state index contributed by atoms with van der Waals surface area (Å²) in [6.45, 7) is 4.14. The summed E-state index contributed by atoms with van der Waals surface area (Å²) in [5.41, 5.74) is 3.63. The van der Waals surface area contributed by atoms with Crippen LogP contribution in [0.3, 0.4) is 0 Å². The van der Waals surface area contributed by atoms with Gasteiger partial charge >= 0.3 is 6.09 Å². The van der Waals surface area contributed by atoms with Crippen LogP contribution in [0, 0.1) is 13.8 Å². The third-order valence-electron chi connectivity index (χ3n) is 3.19. The molecule has 0 fully saturated rings. The number of methoxy groups -OCH3 is 1. The molecule has 0 spiro atoms. The summed E-state index contributed by atoms with van der Waals surface area (Å²) in [6.07, 6.45) is -0.479. The summed E-state index contributed by atoms with van der Waals surface area (Å²) < 4.78 is 10.5. The van der Waals surface area contributed by atoms with Gasteiger partial charge in [0.2, 0.25) is 0 Å². The first-order valence-corrected chi connectivity index (χ1v) is 6.73. The Bertz CT molecular complexity index is 623. The molecule has 0 unspecified atom stereocenters. The molecule has 0 aliphatic rings. The average molecular weight is 285 g/mol. The normalized spacial score (nSPS) is 10.0. The quantitative estimate of drug-likeness (QED) is 0.921. The SMILES string of the molecule is COc1cc(NC(=O)OCc2ccccc2)c(C)cc1C. The zero-order valence-electron chi connectivity index (χ0n) is 12.5. The Morgan fingerprint density at radius 1 is 1.10 bits per heavy atom. The van der Waals surface area contributed by atoms with Crippen LogP contribution < -0.4 is 10.1 Å². The van der Waals surface area contributed by atoms with Crippen LogP contribution in [-0.2, 0) is 11.3 Å². The van der Waals surface area contributed by atoms with E-state index in [4.69, 9.17) is 9.47 Å². The molecule has 2 rings (SSSR count). The van der Waals surface area contributed by atoms with Crippen molar-refractivity contribution in [1.29, 1.82) is 0 Å². The Kier molecular flexibility index (Phi) is 4.82. The van der Waals surface area contributed by atoms with E-state index in [0.717, 1.165) is 22.4 Å². The Labute approximate surface area is 124 Å². The van der Waals surface area contributed by atoms with Crippen molar-refractivity contribution < 1.29 is 14.3 Å². The number of ether oxygens (including phenoxy) is 2. The van der Waals surface area contributed by atoms with Gasteiger partial charge in [0.05, 0.1) is 12.8 Å². The second-order valence-electron chi connectivity index (χ2n) is 4.82. The van der Waals surface area contributed by atoms with Crippen LogP contribution in [0.25, 0.3) is 0 Å². The lowest BCUT2D eigenvalue weighted by Gasteiger charge is -2.12. The van der Waals surface area contributed by atoms with Crippen LogP contribution >= 0.6 is 0 Å². The number of carbonyl (C=O) groups excluding carboxylic acids is 1. The third kappa shape index (κ3) is 3.99. The molecule has 0 aromatic heterocycles. The molecule has 0 aliphatic carbocycles. The van der Waals surface area contributed by atoms with Crippen LogP contribution in [-0.4, -0.2) is 13.2 Å². The highest BCUT2D eigenvalue weighted by molar-refractivity contribution is 5.86. The molecule has 21 heavy (non-hydrogen) atoms. The fourth-order valence-electron chi connectivity index (χ4n) is 2.06. The maximum atomic E-state index is 11.8. The highest BCUT2D eigenvalue weighted by Gasteiger charge is 2.09. The lowest BCUT2D eigenvalue weighted by molar-refractivity contribution is 0.155. The molecule has 1 N–H and O–H groups in total. The summed E-state index contributed by atoms with van der Waals surface area (Å²) in [4.78, 5) is 11.8. The second kappa shape index (κ2) is 6.79. The van der Waals surface area contributed by atoms with E-state index in [1.165, 1.54) is 0 Å². The van der Waals surface area contributed by atoms with Gasteiger partial charge in [-0.2, -0.15) is 0 Å². The van der Waals surface area contributed by atoms with E-state index >= 15 is 0 Å². The molecular weight excluding hydrogens is 266 g/mol. The van der Waals surface area contributed by atoms with E-state index in [1.54, 1.807) is 13.2 Å². The van der Waals surface area contributed by atoms with Gasteiger partial charge in [-0.1, -0.05) is 36.4 Å². The summed E-state index contributed by atoms with van der Waals surface area (Å²) in [7, 11) is 1.61. The van der Waals surface area contributed by atoms with Crippen LogP contribution in [0.1, 0.15) is 16.7 Å². The number of rotatable bonds is 4. The van der Waals surface area contributed by atoms with Gasteiger partial charge in [-0.25, -0.2) is 4.79 Å². The van der Waals surface area contributed by atoms with Crippen LogP contribution in [0.2, 0.25) is 0 Å². The Morgan fingerprint density at radius 3 is 2.48 bits per heavy atom. The zero-order valence-corrected chi connectivity index (χ0v) is 12.5. The lowest BCUT2D eigenvalue weighted by atomic mass is 10.1. The van der Waals surface area contributed by atoms with E-state index in [0.29, 0.717) is 5.69 Å². The summed E-state index contributed by atoms with van der Waals surface area (Å²) >= 11 is 0. The van der Waals surface area contributed by atoms with Crippen molar-refractivity contribution in [2.24, 2.45) is 0 Å². The highest BCUT2D eigenvalue weighted by Crippen LogP contribution is 2.26. The van der Waals surface area contributed by atoms with Crippen molar-refractivity contribution in [2.45, 2.75) is 20.5 Å². The monoisotopic (exact) mass is 285 g/mol. The lowest BCUT2D eigenvalue weighted by Crippen LogP contribution is -2.14. The van der Waals surface area contributed by atoms with E-state index < -0.39 is 6.09 Å². The third-order valence-corrected chi connectivity index (χ3v) is 3.19. The van der Waals surface area contributed by atoms with Gasteiger partial charge in [0.25, 0.3) is 0 Å². The molecule has 0 heterocycles. The number of anilines is 1. The molecule has 0 radical (unpaired) electrons. The summed E-state index contributed by atoms with van der Waals surface area (Å²) in [6, 6.07) is 13.3. The minimum absolute atomic E-state index is 0.245. The Hall–Kier alpha value is -2.49. The molecule has 0 aliphatic heterocycles. The maximum Gasteiger partial charge on any atom is 0.411 e. The summed E-state index contributed by atoms with van der Waals surface area (Å²) in [5, 5.41) is 2.74. The van der Waals surface area contributed by atoms with Crippen molar-refractivity contribution in [1.82, 2.24) is 0 Å². The smallest absolute Gasteiger partial charge is 0.411 e. The number of nitrogens with one attached hydrogen (secondary N) is 1. The first-order chi connectivity index (χ1) is 10.1. The van der Waals surface area contributed by atoms with Gasteiger partial charge in [-0.15, -0.1) is 0 Å². The molecule has 0 saturated carbocycles. The predicted octanol–water partition coefficient (Wildman–Crippen LogP) is 4.06. The van der Waals surface area contributed by atoms with E-state index in [1.807, 2.05) is 50.2 Å². The molecule has 2 aromatic carbocycles. The number of benzene rings is 2. The van der Waals surface area contributed by atoms with Crippen molar-refractivity contribution in [3.63, 3.8) is 0 Å². The number of carbonyl (C=O) groups is 1. The van der Waals surface area contributed by atoms with Crippen molar-refractivity contribution in [3.8, 4) is 5.75 Å². The maximum absolute atomic E-state index is 11.8. The number of hydrogen-bond acceptors (Lipinski definition) is 3. The average Bonchev–Trinajstić information content (AvgIpc) is 2.49. The molecule has 1 amide bonds. The molecule has 0 saturated heterocycles. The Balaban J connectivity index is 1.99. The minimum Gasteiger partial charge on any atom is -0.496 e. The molecule has 4 nitrogen and oxygen atoms in total. The van der Waals surface area contributed by atoms with Gasteiger partial charge in [0.15, 0.2) is 0 Å². The fourth-order valence-corrected chi connectivity index (χ4v) is 2.06. The molecule has 110 valence electrons. The summed E-state index contributed by atoms with van der Waals surface area (Å²) in [5.74, 6) is 0.735. The predicted molar refractivity (Wildman–Crippen MR) is 82.7 cm³/mol. The van der Waals surface area contributed by atoms with Gasteiger partial charge in [0.1, 0.15) is 12.4 Å². The van der Waals surface area contributed by atoms with Gasteiger partial charge in [-0.3, -0.25) is 5.32 Å². The first kappa shape index (κ1) is 14.9. The molecule has 4 heteroatoms. The number of amides is 1. The van der Waals surface area contributed by atoms with Crippen molar-refractivity contribution in [3.05, 3.63) is 59.2 Å². The minimum atomic E-state index is -0.479. The highest BCUT2D eigenvalue weighted by atomic mass is 16.5.